The van der Waals surface area contributed by atoms with Crippen molar-refractivity contribution in [2.75, 3.05) is 16.4 Å². The van der Waals surface area contributed by atoms with E-state index in [4.69, 9.17) is 28.9 Å². The number of anilines is 3. The predicted molar refractivity (Wildman–Crippen MR) is 96.7 cm³/mol. The SMILES string of the molecule is Nc1nc(-c2csc(NC(=O)Nc3ccc(Cl)c(Cl)c3)n2)cs1. The molecule has 10 heteroatoms. The Hall–Kier alpha value is -1.87. The summed E-state index contributed by atoms with van der Waals surface area (Å²) in [5, 5.41) is 10.6. The summed E-state index contributed by atoms with van der Waals surface area (Å²) in [5.41, 5.74) is 7.47. The third-order valence-corrected chi connectivity index (χ3v) is 4.86. The summed E-state index contributed by atoms with van der Waals surface area (Å²) in [6.45, 7) is 0. The van der Waals surface area contributed by atoms with Crippen LogP contribution in [-0.4, -0.2) is 16.0 Å². The molecule has 3 rings (SSSR count). The molecule has 3 aromatic rings. The lowest BCUT2D eigenvalue weighted by Gasteiger charge is -2.06. The molecule has 0 fully saturated rings. The number of nitrogens with zero attached hydrogens (tertiary/aromatic N) is 2. The minimum Gasteiger partial charge on any atom is -0.375 e. The molecule has 118 valence electrons. The Morgan fingerprint density at radius 3 is 2.48 bits per heavy atom. The number of nitrogens with one attached hydrogen (secondary N) is 2. The number of hydrogen-bond donors (Lipinski definition) is 3. The number of urea groups is 1. The van der Waals surface area contributed by atoms with E-state index in [1.54, 1.807) is 23.6 Å². The molecule has 0 unspecified atom stereocenters. The number of benzene rings is 1. The van der Waals surface area contributed by atoms with Gasteiger partial charge in [0, 0.05) is 16.4 Å². The summed E-state index contributed by atoms with van der Waals surface area (Å²) < 4.78 is 0. The number of rotatable bonds is 3. The van der Waals surface area contributed by atoms with E-state index in [1.165, 1.54) is 22.7 Å². The van der Waals surface area contributed by atoms with Gasteiger partial charge in [-0.2, -0.15) is 0 Å². The summed E-state index contributed by atoms with van der Waals surface area (Å²) in [6, 6.07) is 4.39. The molecule has 0 bridgehead atoms. The second-order valence-corrected chi connectivity index (χ2v) is 6.88. The van der Waals surface area contributed by atoms with Crippen LogP contribution in [-0.2, 0) is 0 Å². The van der Waals surface area contributed by atoms with Gasteiger partial charge in [0.15, 0.2) is 10.3 Å². The van der Waals surface area contributed by atoms with Crippen molar-refractivity contribution in [1.29, 1.82) is 0 Å². The summed E-state index contributed by atoms with van der Waals surface area (Å²) in [4.78, 5) is 20.4. The Kier molecular flexibility index (Phi) is 4.67. The van der Waals surface area contributed by atoms with Gasteiger partial charge in [-0.3, -0.25) is 5.32 Å². The van der Waals surface area contributed by atoms with Gasteiger partial charge in [0.2, 0.25) is 0 Å². The minimum atomic E-state index is -0.429. The van der Waals surface area contributed by atoms with Crippen LogP contribution in [0.2, 0.25) is 10.0 Å². The second kappa shape index (κ2) is 6.71. The number of amides is 2. The van der Waals surface area contributed by atoms with Crippen molar-refractivity contribution < 1.29 is 4.79 Å². The number of hydrogen-bond acceptors (Lipinski definition) is 6. The standard InChI is InChI=1S/C13H9Cl2N5OS2/c14-7-2-1-6(3-8(7)15)17-12(21)20-13-19-10(5-23-13)9-4-22-11(16)18-9/h1-5H,(H2,16,18)(H2,17,19,20,21). The Morgan fingerprint density at radius 2 is 1.78 bits per heavy atom. The Labute approximate surface area is 149 Å². The quantitative estimate of drug-likeness (QED) is 0.603. The zero-order chi connectivity index (χ0) is 16.4. The number of thiazole rings is 2. The van der Waals surface area contributed by atoms with Crippen LogP contribution in [0, 0.1) is 0 Å². The van der Waals surface area contributed by atoms with E-state index in [0.29, 0.717) is 37.4 Å². The molecule has 2 aromatic heterocycles. The number of carbonyl (C=O) groups excluding carboxylic acids is 1. The number of aromatic nitrogens is 2. The molecule has 0 aliphatic rings. The highest BCUT2D eigenvalue weighted by Crippen LogP contribution is 2.27. The molecular formula is C13H9Cl2N5OS2. The summed E-state index contributed by atoms with van der Waals surface area (Å²) in [7, 11) is 0. The first-order chi connectivity index (χ1) is 11.0. The summed E-state index contributed by atoms with van der Waals surface area (Å²) >= 11 is 14.4. The lowest BCUT2D eigenvalue weighted by Crippen LogP contribution is -2.19. The molecule has 0 aliphatic carbocycles. The van der Waals surface area contributed by atoms with Gasteiger partial charge in [0.25, 0.3) is 0 Å². The molecule has 2 heterocycles. The third kappa shape index (κ3) is 3.91. The summed E-state index contributed by atoms with van der Waals surface area (Å²) in [5.74, 6) is 0. The van der Waals surface area contributed by atoms with Crippen molar-refractivity contribution in [3.63, 3.8) is 0 Å². The number of nitrogens with two attached hydrogens (primary N) is 1. The molecule has 0 atom stereocenters. The van der Waals surface area contributed by atoms with E-state index in [-0.39, 0.29) is 0 Å². The molecule has 1 aromatic carbocycles. The van der Waals surface area contributed by atoms with E-state index in [2.05, 4.69) is 20.6 Å². The zero-order valence-electron chi connectivity index (χ0n) is 11.3. The van der Waals surface area contributed by atoms with Crippen molar-refractivity contribution in [3.8, 4) is 11.4 Å². The highest BCUT2D eigenvalue weighted by molar-refractivity contribution is 7.14. The fraction of sp³-hybridized carbons (Fsp3) is 0. The molecule has 0 radical (unpaired) electrons. The topological polar surface area (TPSA) is 92.9 Å². The summed E-state index contributed by atoms with van der Waals surface area (Å²) in [6.07, 6.45) is 0. The Morgan fingerprint density at radius 1 is 1.04 bits per heavy atom. The van der Waals surface area contributed by atoms with Gasteiger partial charge >= 0.3 is 6.03 Å². The number of nitrogen functional groups attached to an aromatic ring is 1. The van der Waals surface area contributed by atoms with Crippen molar-refractivity contribution in [2.45, 2.75) is 0 Å². The van der Waals surface area contributed by atoms with Crippen molar-refractivity contribution in [2.24, 2.45) is 0 Å². The first kappa shape index (κ1) is 16.0. The highest BCUT2D eigenvalue weighted by Gasteiger charge is 2.10. The van der Waals surface area contributed by atoms with Crippen molar-refractivity contribution in [3.05, 3.63) is 39.0 Å². The molecule has 0 spiro atoms. The van der Waals surface area contributed by atoms with Crippen LogP contribution in [0.5, 0.6) is 0 Å². The molecule has 0 saturated heterocycles. The largest absolute Gasteiger partial charge is 0.375 e. The first-order valence-corrected chi connectivity index (χ1v) is 8.73. The monoisotopic (exact) mass is 385 g/mol. The smallest absolute Gasteiger partial charge is 0.325 e. The van der Waals surface area contributed by atoms with Gasteiger partial charge in [-0.15, -0.1) is 22.7 Å². The van der Waals surface area contributed by atoms with Crippen LogP contribution >= 0.6 is 45.9 Å². The van der Waals surface area contributed by atoms with Crippen LogP contribution in [0.15, 0.2) is 29.0 Å². The van der Waals surface area contributed by atoms with Gasteiger partial charge in [-0.1, -0.05) is 23.2 Å². The molecule has 2 amide bonds. The predicted octanol–water partition coefficient (Wildman–Crippen LogP) is 4.80. The molecule has 4 N–H and O–H groups in total. The van der Waals surface area contributed by atoms with Crippen LogP contribution in [0.4, 0.5) is 20.7 Å². The molecule has 23 heavy (non-hydrogen) atoms. The fourth-order valence-electron chi connectivity index (χ4n) is 1.69. The zero-order valence-corrected chi connectivity index (χ0v) is 14.5. The van der Waals surface area contributed by atoms with Crippen molar-refractivity contribution >= 4 is 67.9 Å². The molecule has 0 aliphatic heterocycles. The maximum absolute atomic E-state index is 12.0. The molecule has 6 nitrogen and oxygen atoms in total. The number of carbonyl (C=O) groups is 1. The third-order valence-electron chi connectivity index (χ3n) is 2.69. The van der Waals surface area contributed by atoms with E-state index >= 15 is 0 Å². The van der Waals surface area contributed by atoms with Crippen molar-refractivity contribution in [1.82, 2.24) is 9.97 Å². The molecular weight excluding hydrogens is 377 g/mol. The van der Waals surface area contributed by atoms with E-state index in [0.717, 1.165) is 0 Å². The van der Waals surface area contributed by atoms with Gasteiger partial charge in [-0.25, -0.2) is 14.8 Å². The Balaban J connectivity index is 1.66. The maximum atomic E-state index is 12.0. The van der Waals surface area contributed by atoms with Gasteiger partial charge < -0.3 is 11.1 Å². The maximum Gasteiger partial charge on any atom is 0.325 e. The van der Waals surface area contributed by atoms with Gasteiger partial charge in [-0.05, 0) is 18.2 Å². The fourth-order valence-corrected chi connectivity index (χ4v) is 3.24. The average Bonchev–Trinajstić information content (AvgIpc) is 3.12. The lowest BCUT2D eigenvalue weighted by molar-refractivity contribution is 0.262. The average molecular weight is 386 g/mol. The highest BCUT2D eigenvalue weighted by atomic mass is 35.5. The second-order valence-electron chi connectivity index (χ2n) is 4.32. The Bertz CT molecular complexity index is 864. The van der Waals surface area contributed by atoms with Crippen LogP contribution in [0.25, 0.3) is 11.4 Å². The first-order valence-electron chi connectivity index (χ1n) is 6.21. The normalized spacial score (nSPS) is 10.5. The molecule has 0 saturated carbocycles. The van der Waals surface area contributed by atoms with Gasteiger partial charge in [0.1, 0.15) is 11.4 Å². The van der Waals surface area contributed by atoms with Crippen LogP contribution in [0.3, 0.4) is 0 Å². The van der Waals surface area contributed by atoms with Gasteiger partial charge in [0.05, 0.1) is 10.0 Å². The van der Waals surface area contributed by atoms with E-state index in [1.807, 2.05) is 5.38 Å². The minimum absolute atomic E-state index is 0.363. The lowest BCUT2D eigenvalue weighted by atomic mass is 10.3. The van der Waals surface area contributed by atoms with Crippen LogP contribution < -0.4 is 16.4 Å². The van der Waals surface area contributed by atoms with E-state index in [9.17, 15) is 4.79 Å². The number of halogens is 2. The van der Waals surface area contributed by atoms with E-state index < -0.39 is 6.03 Å². The van der Waals surface area contributed by atoms with Crippen LogP contribution in [0.1, 0.15) is 0 Å².